The molecule has 9 heteroatoms. The zero-order valence-electron chi connectivity index (χ0n) is 12.9. The van der Waals surface area contributed by atoms with Crippen LogP contribution in [0.1, 0.15) is 32.4 Å². The van der Waals surface area contributed by atoms with E-state index in [4.69, 9.17) is 4.74 Å². The number of nitro benzene ring substituents is 1. The number of amides is 1. The number of hydrogen-bond donors (Lipinski definition) is 3. The summed E-state index contributed by atoms with van der Waals surface area (Å²) in [6, 6.07) is 2.60. The van der Waals surface area contributed by atoms with Gasteiger partial charge >= 0.3 is 6.09 Å². The third kappa shape index (κ3) is 5.80. The Kier molecular flexibility index (Phi) is 5.99. The Labute approximate surface area is 132 Å². The van der Waals surface area contributed by atoms with Gasteiger partial charge in [0.15, 0.2) is 0 Å². The molecule has 0 aliphatic carbocycles. The Bertz CT molecular complexity index is 587. The van der Waals surface area contributed by atoms with Gasteiger partial charge in [-0.15, -0.1) is 0 Å². The predicted octanol–water partition coefficient (Wildman–Crippen LogP) is 1.65. The van der Waals surface area contributed by atoms with Crippen molar-refractivity contribution in [2.24, 2.45) is 0 Å². The SMILES string of the molecule is CC(C)(C)OC(=O)NCC(O)C(O)c1cc([N+](=O)[O-])ccc1F. The van der Waals surface area contributed by atoms with E-state index in [1.165, 1.54) is 0 Å². The number of hydrogen-bond acceptors (Lipinski definition) is 6. The molecule has 2 atom stereocenters. The van der Waals surface area contributed by atoms with Gasteiger partial charge in [-0.1, -0.05) is 0 Å². The zero-order chi connectivity index (χ0) is 17.8. The summed E-state index contributed by atoms with van der Waals surface area (Å²) in [5.74, 6) is -0.903. The first-order valence-electron chi connectivity index (χ1n) is 6.78. The molecule has 128 valence electrons. The molecule has 1 rings (SSSR count). The number of rotatable bonds is 5. The number of nitro groups is 1. The quantitative estimate of drug-likeness (QED) is 0.557. The van der Waals surface area contributed by atoms with Gasteiger partial charge in [0.1, 0.15) is 23.6 Å². The van der Waals surface area contributed by atoms with Crippen LogP contribution in [0.4, 0.5) is 14.9 Å². The van der Waals surface area contributed by atoms with Crippen molar-refractivity contribution in [2.75, 3.05) is 6.54 Å². The highest BCUT2D eigenvalue weighted by atomic mass is 19.1. The van der Waals surface area contributed by atoms with Gasteiger partial charge in [0.05, 0.1) is 4.92 Å². The lowest BCUT2D eigenvalue weighted by molar-refractivity contribution is -0.385. The number of non-ortho nitro benzene ring substituents is 1. The number of alkyl carbamates (subject to hydrolysis) is 1. The molecule has 3 N–H and O–H groups in total. The van der Waals surface area contributed by atoms with Crippen LogP contribution in [0, 0.1) is 15.9 Å². The van der Waals surface area contributed by atoms with Crippen molar-refractivity contribution in [2.45, 2.75) is 38.6 Å². The highest BCUT2D eigenvalue weighted by Crippen LogP contribution is 2.24. The molecule has 8 nitrogen and oxygen atoms in total. The average molecular weight is 330 g/mol. The average Bonchev–Trinajstić information content (AvgIpc) is 2.42. The standard InChI is InChI=1S/C14H19FN2O6/c1-14(2,3)23-13(20)16-7-11(18)12(19)9-6-8(17(21)22)4-5-10(9)15/h4-6,11-12,18-19H,7H2,1-3H3,(H,16,20). The molecule has 0 aliphatic rings. The van der Waals surface area contributed by atoms with Crippen LogP contribution in [0.2, 0.25) is 0 Å². The molecule has 1 amide bonds. The first kappa shape index (κ1) is 18.8. The van der Waals surface area contributed by atoms with E-state index in [1.54, 1.807) is 20.8 Å². The van der Waals surface area contributed by atoms with Crippen molar-refractivity contribution >= 4 is 11.8 Å². The summed E-state index contributed by atoms with van der Waals surface area (Å²) in [4.78, 5) is 21.4. The third-order valence-corrected chi connectivity index (χ3v) is 2.73. The van der Waals surface area contributed by atoms with Crippen molar-refractivity contribution in [3.05, 3.63) is 39.7 Å². The normalized spacial score (nSPS) is 14.0. The molecule has 0 bridgehead atoms. The van der Waals surface area contributed by atoms with E-state index >= 15 is 0 Å². The number of carbonyl (C=O) groups is 1. The van der Waals surface area contributed by atoms with E-state index in [2.05, 4.69) is 5.32 Å². The number of benzene rings is 1. The Morgan fingerprint density at radius 3 is 2.57 bits per heavy atom. The molecular formula is C14H19FN2O6. The molecule has 0 aromatic heterocycles. The number of aliphatic hydroxyl groups excluding tert-OH is 2. The summed E-state index contributed by atoms with van der Waals surface area (Å²) in [6.07, 6.45) is -4.13. The molecule has 1 aromatic rings. The number of halogens is 1. The molecule has 0 heterocycles. The van der Waals surface area contributed by atoms with Crippen LogP contribution in [-0.4, -0.2) is 39.5 Å². The van der Waals surface area contributed by atoms with Crippen LogP contribution >= 0.6 is 0 Å². The lowest BCUT2D eigenvalue weighted by Crippen LogP contribution is -2.39. The largest absolute Gasteiger partial charge is 0.444 e. The smallest absolute Gasteiger partial charge is 0.407 e. The maximum Gasteiger partial charge on any atom is 0.407 e. The molecule has 23 heavy (non-hydrogen) atoms. The molecule has 0 spiro atoms. The van der Waals surface area contributed by atoms with E-state index in [0.29, 0.717) is 0 Å². The second kappa shape index (κ2) is 7.34. The number of aliphatic hydroxyl groups is 2. The van der Waals surface area contributed by atoms with Crippen molar-refractivity contribution in [1.82, 2.24) is 5.32 Å². The predicted molar refractivity (Wildman–Crippen MR) is 78.3 cm³/mol. The summed E-state index contributed by atoms with van der Waals surface area (Å²) in [5, 5.41) is 32.6. The fourth-order valence-corrected chi connectivity index (χ4v) is 1.69. The van der Waals surface area contributed by atoms with Crippen LogP contribution in [0.3, 0.4) is 0 Å². The van der Waals surface area contributed by atoms with E-state index in [-0.39, 0.29) is 0 Å². The second-order valence-corrected chi connectivity index (χ2v) is 5.86. The molecule has 0 saturated carbocycles. The van der Waals surface area contributed by atoms with Crippen LogP contribution in [0.25, 0.3) is 0 Å². The van der Waals surface area contributed by atoms with Gasteiger partial charge in [0.2, 0.25) is 0 Å². The molecule has 0 fully saturated rings. The number of nitrogens with one attached hydrogen (secondary N) is 1. The topological polar surface area (TPSA) is 122 Å². The first-order valence-corrected chi connectivity index (χ1v) is 6.78. The summed E-state index contributed by atoms with van der Waals surface area (Å²) in [5.41, 5.74) is -1.59. The second-order valence-electron chi connectivity index (χ2n) is 5.86. The minimum atomic E-state index is -1.75. The summed E-state index contributed by atoms with van der Waals surface area (Å²) >= 11 is 0. The Hall–Kier alpha value is -2.26. The Balaban J connectivity index is 2.73. The maximum atomic E-state index is 13.7. The third-order valence-electron chi connectivity index (χ3n) is 2.73. The summed E-state index contributed by atoms with van der Waals surface area (Å²) in [7, 11) is 0. The minimum absolute atomic E-state index is 0.418. The first-order chi connectivity index (χ1) is 10.5. The maximum absolute atomic E-state index is 13.7. The van der Waals surface area contributed by atoms with Gasteiger partial charge in [0.25, 0.3) is 5.69 Å². The van der Waals surface area contributed by atoms with Crippen molar-refractivity contribution < 1.29 is 29.1 Å². The molecule has 1 aromatic carbocycles. The molecular weight excluding hydrogens is 311 g/mol. The van der Waals surface area contributed by atoms with Gasteiger partial charge in [-0.05, 0) is 26.8 Å². The van der Waals surface area contributed by atoms with Crippen molar-refractivity contribution in [3.8, 4) is 0 Å². The van der Waals surface area contributed by atoms with Gasteiger partial charge in [-0.3, -0.25) is 10.1 Å². The highest BCUT2D eigenvalue weighted by Gasteiger charge is 2.25. The molecule has 0 saturated heterocycles. The Morgan fingerprint density at radius 2 is 2.04 bits per heavy atom. The molecule has 0 radical (unpaired) electrons. The summed E-state index contributed by atoms with van der Waals surface area (Å²) < 4.78 is 18.6. The Morgan fingerprint density at radius 1 is 1.43 bits per heavy atom. The molecule has 2 unspecified atom stereocenters. The number of carbonyl (C=O) groups excluding carboxylic acids is 1. The van der Waals surface area contributed by atoms with Gasteiger partial charge < -0.3 is 20.3 Å². The number of ether oxygens (including phenoxy) is 1. The van der Waals surface area contributed by atoms with Crippen LogP contribution in [0.5, 0.6) is 0 Å². The van der Waals surface area contributed by atoms with E-state index in [1.807, 2.05) is 0 Å². The van der Waals surface area contributed by atoms with Crippen molar-refractivity contribution in [1.29, 1.82) is 0 Å². The van der Waals surface area contributed by atoms with E-state index in [9.17, 15) is 29.5 Å². The van der Waals surface area contributed by atoms with Gasteiger partial charge in [-0.2, -0.15) is 0 Å². The van der Waals surface area contributed by atoms with E-state index in [0.717, 1.165) is 18.2 Å². The zero-order valence-corrected chi connectivity index (χ0v) is 12.9. The van der Waals surface area contributed by atoms with Crippen LogP contribution in [-0.2, 0) is 4.74 Å². The van der Waals surface area contributed by atoms with E-state index < -0.39 is 52.4 Å². The fourth-order valence-electron chi connectivity index (χ4n) is 1.69. The minimum Gasteiger partial charge on any atom is -0.444 e. The molecule has 0 aliphatic heterocycles. The fraction of sp³-hybridized carbons (Fsp3) is 0.500. The lowest BCUT2D eigenvalue weighted by atomic mass is 10.0. The number of nitrogens with zero attached hydrogens (tertiary/aromatic N) is 1. The van der Waals surface area contributed by atoms with Crippen LogP contribution in [0.15, 0.2) is 18.2 Å². The monoisotopic (exact) mass is 330 g/mol. The summed E-state index contributed by atoms with van der Waals surface area (Å²) in [6.45, 7) is 4.53. The van der Waals surface area contributed by atoms with Gasteiger partial charge in [0, 0.05) is 24.2 Å². The van der Waals surface area contributed by atoms with Crippen LogP contribution < -0.4 is 5.32 Å². The lowest BCUT2D eigenvalue weighted by Gasteiger charge is -2.22. The van der Waals surface area contributed by atoms with Gasteiger partial charge in [-0.25, -0.2) is 9.18 Å². The van der Waals surface area contributed by atoms with Crippen molar-refractivity contribution in [3.63, 3.8) is 0 Å². The highest BCUT2D eigenvalue weighted by molar-refractivity contribution is 5.67.